The van der Waals surface area contributed by atoms with E-state index in [1.165, 1.54) is 0 Å². The summed E-state index contributed by atoms with van der Waals surface area (Å²) in [5.41, 5.74) is 10.7. The zero-order chi connectivity index (χ0) is 18.1. The SMILES string of the molecule is Nc1ccc2nc(-c3ccccc3)c(CN3CCC(C(=O)O)CC3)n2c1. The number of hydrogen-bond donors (Lipinski definition) is 2. The number of piperidine rings is 1. The van der Waals surface area contributed by atoms with Crippen molar-refractivity contribution in [2.45, 2.75) is 19.4 Å². The molecule has 6 nitrogen and oxygen atoms in total. The maximum atomic E-state index is 11.2. The molecule has 0 unspecified atom stereocenters. The number of imidazole rings is 1. The van der Waals surface area contributed by atoms with Crippen LogP contribution in [0, 0.1) is 5.92 Å². The van der Waals surface area contributed by atoms with Crippen LogP contribution in [-0.4, -0.2) is 38.4 Å². The number of nitrogens with two attached hydrogens (primary N) is 1. The van der Waals surface area contributed by atoms with Crippen LogP contribution in [0.5, 0.6) is 0 Å². The number of pyridine rings is 1. The Morgan fingerprint density at radius 2 is 1.88 bits per heavy atom. The van der Waals surface area contributed by atoms with E-state index in [1.54, 1.807) is 0 Å². The quantitative estimate of drug-likeness (QED) is 0.756. The van der Waals surface area contributed by atoms with Crippen molar-refractivity contribution in [3.8, 4) is 11.3 Å². The van der Waals surface area contributed by atoms with Crippen LogP contribution in [0.3, 0.4) is 0 Å². The lowest BCUT2D eigenvalue weighted by Crippen LogP contribution is -2.36. The molecule has 0 saturated carbocycles. The highest BCUT2D eigenvalue weighted by Crippen LogP contribution is 2.28. The number of likely N-dealkylation sites (tertiary alicyclic amines) is 1. The van der Waals surface area contributed by atoms with Crippen LogP contribution in [0.4, 0.5) is 5.69 Å². The van der Waals surface area contributed by atoms with Gasteiger partial charge in [-0.05, 0) is 38.1 Å². The third kappa shape index (κ3) is 3.15. The third-order valence-corrected chi connectivity index (χ3v) is 5.10. The van der Waals surface area contributed by atoms with Crippen LogP contribution >= 0.6 is 0 Å². The van der Waals surface area contributed by atoms with Gasteiger partial charge in [0, 0.05) is 24.0 Å². The normalized spacial score (nSPS) is 16.2. The number of aliphatic carboxylic acids is 1. The first-order valence-corrected chi connectivity index (χ1v) is 8.89. The van der Waals surface area contributed by atoms with E-state index in [1.807, 2.05) is 36.5 Å². The molecule has 1 fully saturated rings. The zero-order valence-electron chi connectivity index (χ0n) is 14.5. The van der Waals surface area contributed by atoms with Crippen LogP contribution < -0.4 is 5.73 Å². The van der Waals surface area contributed by atoms with Gasteiger partial charge in [-0.25, -0.2) is 4.98 Å². The Balaban J connectivity index is 1.69. The van der Waals surface area contributed by atoms with Gasteiger partial charge in [-0.1, -0.05) is 30.3 Å². The molecule has 1 saturated heterocycles. The van der Waals surface area contributed by atoms with E-state index in [2.05, 4.69) is 21.4 Å². The number of fused-ring (bicyclic) bond motifs is 1. The molecule has 6 heteroatoms. The van der Waals surface area contributed by atoms with Crippen molar-refractivity contribution in [2.75, 3.05) is 18.8 Å². The second kappa shape index (κ2) is 6.80. The standard InChI is InChI=1S/C20H22N4O2/c21-16-6-7-18-22-19(14-4-2-1-3-5-14)17(24(18)12-16)13-23-10-8-15(9-11-23)20(25)26/h1-7,12,15H,8-11,13,21H2,(H,25,26). The molecular weight excluding hydrogens is 328 g/mol. The Kier molecular flexibility index (Phi) is 4.34. The summed E-state index contributed by atoms with van der Waals surface area (Å²) in [4.78, 5) is 18.3. The Morgan fingerprint density at radius 3 is 2.58 bits per heavy atom. The molecule has 3 heterocycles. The van der Waals surface area contributed by atoms with Crippen LogP contribution in [0.2, 0.25) is 0 Å². The predicted molar refractivity (Wildman–Crippen MR) is 101 cm³/mol. The van der Waals surface area contributed by atoms with Crippen LogP contribution in [0.25, 0.3) is 16.9 Å². The van der Waals surface area contributed by atoms with E-state index < -0.39 is 5.97 Å². The summed E-state index contributed by atoms with van der Waals surface area (Å²) < 4.78 is 2.06. The second-order valence-electron chi connectivity index (χ2n) is 6.85. The fraction of sp³-hybridized carbons (Fsp3) is 0.300. The first kappa shape index (κ1) is 16.6. The molecule has 0 atom stereocenters. The topological polar surface area (TPSA) is 83.9 Å². The molecular formula is C20H22N4O2. The van der Waals surface area contributed by atoms with Crippen molar-refractivity contribution in [2.24, 2.45) is 5.92 Å². The van der Waals surface area contributed by atoms with Crippen LogP contribution in [0.1, 0.15) is 18.5 Å². The van der Waals surface area contributed by atoms with Gasteiger partial charge in [0.1, 0.15) is 5.65 Å². The van der Waals surface area contributed by atoms with Crippen molar-refractivity contribution in [3.05, 3.63) is 54.4 Å². The minimum atomic E-state index is -0.683. The fourth-order valence-corrected chi connectivity index (χ4v) is 3.64. The van der Waals surface area contributed by atoms with Crippen molar-refractivity contribution < 1.29 is 9.90 Å². The van der Waals surface area contributed by atoms with Gasteiger partial charge in [0.2, 0.25) is 0 Å². The molecule has 4 rings (SSSR count). The van der Waals surface area contributed by atoms with Crippen molar-refractivity contribution in [1.29, 1.82) is 0 Å². The minimum Gasteiger partial charge on any atom is -0.481 e. The molecule has 3 N–H and O–H groups in total. The summed E-state index contributed by atoms with van der Waals surface area (Å²) in [6.07, 6.45) is 3.29. The molecule has 2 aromatic heterocycles. The van der Waals surface area contributed by atoms with Gasteiger partial charge in [-0.15, -0.1) is 0 Å². The number of carboxylic acids is 1. The van der Waals surface area contributed by atoms with Crippen LogP contribution in [0.15, 0.2) is 48.7 Å². The van der Waals surface area contributed by atoms with E-state index >= 15 is 0 Å². The minimum absolute atomic E-state index is 0.224. The number of aromatic nitrogens is 2. The van der Waals surface area contributed by atoms with Gasteiger partial charge in [0.25, 0.3) is 0 Å². The first-order chi connectivity index (χ1) is 12.6. The van der Waals surface area contributed by atoms with E-state index in [9.17, 15) is 9.90 Å². The highest BCUT2D eigenvalue weighted by molar-refractivity contribution is 5.70. The summed E-state index contributed by atoms with van der Waals surface area (Å²) in [5, 5.41) is 9.20. The summed E-state index contributed by atoms with van der Waals surface area (Å²) in [7, 11) is 0. The van der Waals surface area contributed by atoms with Crippen LogP contribution in [-0.2, 0) is 11.3 Å². The lowest BCUT2D eigenvalue weighted by Gasteiger charge is -2.30. The number of carboxylic acid groups (broad SMARTS) is 1. The number of nitrogens with zero attached hydrogens (tertiary/aromatic N) is 3. The number of nitrogen functional groups attached to an aromatic ring is 1. The van der Waals surface area contributed by atoms with Gasteiger partial charge >= 0.3 is 5.97 Å². The Morgan fingerprint density at radius 1 is 1.15 bits per heavy atom. The molecule has 1 aliphatic heterocycles. The summed E-state index contributed by atoms with van der Waals surface area (Å²) >= 11 is 0. The number of rotatable bonds is 4. The molecule has 0 spiro atoms. The second-order valence-corrected chi connectivity index (χ2v) is 6.85. The number of hydrogen-bond acceptors (Lipinski definition) is 4. The zero-order valence-corrected chi connectivity index (χ0v) is 14.5. The smallest absolute Gasteiger partial charge is 0.306 e. The molecule has 1 aliphatic rings. The van der Waals surface area contributed by atoms with Gasteiger partial charge in [-0.2, -0.15) is 0 Å². The average molecular weight is 350 g/mol. The van der Waals surface area contributed by atoms with Gasteiger partial charge in [-0.3, -0.25) is 9.69 Å². The highest BCUT2D eigenvalue weighted by atomic mass is 16.4. The summed E-state index contributed by atoms with van der Waals surface area (Å²) in [5.74, 6) is -0.908. The molecule has 3 aromatic rings. The molecule has 134 valence electrons. The summed E-state index contributed by atoms with van der Waals surface area (Å²) in [6, 6.07) is 13.9. The molecule has 1 aromatic carbocycles. The number of carbonyl (C=O) groups is 1. The molecule has 0 radical (unpaired) electrons. The Labute approximate surface area is 151 Å². The maximum absolute atomic E-state index is 11.2. The van der Waals surface area contributed by atoms with Gasteiger partial charge < -0.3 is 15.2 Å². The number of benzene rings is 1. The van der Waals surface area contributed by atoms with E-state index in [-0.39, 0.29) is 5.92 Å². The largest absolute Gasteiger partial charge is 0.481 e. The van der Waals surface area contributed by atoms with Gasteiger partial charge in [0.05, 0.1) is 17.3 Å². The Bertz CT molecular complexity index is 928. The maximum Gasteiger partial charge on any atom is 0.306 e. The third-order valence-electron chi connectivity index (χ3n) is 5.10. The van der Waals surface area contributed by atoms with E-state index in [0.29, 0.717) is 18.5 Å². The molecule has 0 amide bonds. The van der Waals surface area contributed by atoms with Crippen molar-refractivity contribution in [3.63, 3.8) is 0 Å². The summed E-state index contributed by atoms with van der Waals surface area (Å²) in [6.45, 7) is 2.28. The van der Waals surface area contributed by atoms with Crippen molar-refractivity contribution >= 4 is 17.3 Å². The number of anilines is 1. The lowest BCUT2D eigenvalue weighted by atomic mass is 9.97. The van der Waals surface area contributed by atoms with Crippen molar-refractivity contribution in [1.82, 2.24) is 14.3 Å². The lowest BCUT2D eigenvalue weighted by molar-refractivity contribution is -0.143. The molecule has 0 aliphatic carbocycles. The first-order valence-electron chi connectivity index (χ1n) is 8.89. The van der Waals surface area contributed by atoms with Gasteiger partial charge in [0.15, 0.2) is 0 Å². The predicted octanol–water partition coefficient (Wildman–Crippen LogP) is 2.88. The Hall–Kier alpha value is -2.86. The molecule has 0 bridgehead atoms. The van der Waals surface area contributed by atoms with E-state index in [4.69, 9.17) is 10.7 Å². The average Bonchev–Trinajstić information content (AvgIpc) is 3.01. The molecule has 26 heavy (non-hydrogen) atoms. The monoisotopic (exact) mass is 350 g/mol. The van der Waals surface area contributed by atoms with E-state index in [0.717, 1.165) is 42.2 Å². The highest BCUT2D eigenvalue weighted by Gasteiger charge is 2.26. The fourth-order valence-electron chi connectivity index (χ4n) is 3.64.